The minimum atomic E-state index is -0.174. The first-order valence-corrected chi connectivity index (χ1v) is 8.31. The van der Waals surface area contributed by atoms with Gasteiger partial charge in [-0.1, -0.05) is 11.6 Å². The van der Waals surface area contributed by atoms with E-state index in [-0.39, 0.29) is 12.1 Å². The van der Waals surface area contributed by atoms with E-state index in [0.717, 1.165) is 24.5 Å². The predicted octanol–water partition coefficient (Wildman–Crippen LogP) is 2.27. The Morgan fingerprint density at radius 1 is 1.50 bits per heavy atom. The van der Waals surface area contributed by atoms with Crippen molar-refractivity contribution >= 4 is 34.8 Å². The monoisotopic (exact) mass is 337 g/mol. The van der Waals surface area contributed by atoms with Gasteiger partial charge in [0.1, 0.15) is 5.82 Å². The number of hydrogen-bond donors (Lipinski definition) is 2. The van der Waals surface area contributed by atoms with Crippen LogP contribution in [0.2, 0.25) is 5.02 Å². The summed E-state index contributed by atoms with van der Waals surface area (Å²) in [7, 11) is 0. The minimum absolute atomic E-state index is 0.0912. The number of halogens is 1. The van der Waals surface area contributed by atoms with E-state index < -0.39 is 0 Å². The summed E-state index contributed by atoms with van der Waals surface area (Å²) in [4.78, 5) is 22.4. The van der Waals surface area contributed by atoms with E-state index in [9.17, 15) is 4.79 Å². The first kappa shape index (κ1) is 15.1. The molecule has 0 bridgehead atoms. The van der Waals surface area contributed by atoms with Gasteiger partial charge in [0.05, 0.1) is 22.8 Å². The second-order valence-electron chi connectivity index (χ2n) is 5.05. The third-order valence-electron chi connectivity index (χ3n) is 3.48. The Balaban J connectivity index is 1.48. The molecule has 1 aliphatic rings. The maximum absolute atomic E-state index is 11.9. The van der Waals surface area contributed by atoms with Gasteiger partial charge < -0.3 is 15.5 Å². The quantitative estimate of drug-likeness (QED) is 0.898. The lowest BCUT2D eigenvalue weighted by molar-refractivity contribution is 0.237. The molecule has 1 saturated heterocycles. The Morgan fingerprint density at radius 3 is 3.18 bits per heavy atom. The molecule has 2 N–H and O–H groups in total. The van der Waals surface area contributed by atoms with Crippen LogP contribution in [0.5, 0.6) is 0 Å². The normalized spacial score (nSPS) is 17.5. The minimum Gasteiger partial charge on any atom is -0.353 e. The summed E-state index contributed by atoms with van der Waals surface area (Å²) in [6, 6.07) is 3.55. The standard InChI is InChI=1S/C14H16ClN5OS/c15-12-2-1-4-16-13(12)20-5-3-10(7-20)19-14(21)17-6-11-8-22-9-18-11/h1-2,4,8-10H,3,5-7H2,(H2,17,19,21)/t10-/m1/s1. The summed E-state index contributed by atoms with van der Waals surface area (Å²) in [6.07, 6.45) is 2.60. The van der Waals surface area contributed by atoms with Crippen molar-refractivity contribution in [2.45, 2.75) is 19.0 Å². The smallest absolute Gasteiger partial charge is 0.315 e. The lowest BCUT2D eigenvalue weighted by atomic mass is 10.3. The fourth-order valence-corrected chi connectivity index (χ4v) is 3.21. The number of pyridine rings is 1. The number of anilines is 1. The maximum atomic E-state index is 11.9. The van der Waals surface area contributed by atoms with E-state index in [1.54, 1.807) is 11.7 Å². The molecule has 6 nitrogen and oxygen atoms in total. The summed E-state index contributed by atoms with van der Waals surface area (Å²) in [5.41, 5.74) is 2.62. The molecule has 0 saturated carbocycles. The highest BCUT2D eigenvalue weighted by Gasteiger charge is 2.25. The number of amides is 2. The first-order valence-electron chi connectivity index (χ1n) is 6.99. The zero-order chi connectivity index (χ0) is 15.4. The van der Waals surface area contributed by atoms with Gasteiger partial charge in [0, 0.05) is 30.7 Å². The van der Waals surface area contributed by atoms with Gasteiger partial charge >= 0.3 is 6.03 Å². The molecular weight excluding hydrogens is 322 g/mol. The van der Waals surface area contributed by atoms with Gasteiger partial charge in [0.25, 0.3) is 0 Å². The topological polar surface area (TPSA) is 70.2 Å². The first-order chi connectivity index (χ1) is 10.7. The Bertz CT molecular complexity index is 636. The van der Waals surface area contributed by atoms with Gasteiger partial charge in [0.2, 0.25) is 0 Å². The van der Waals surface area contributed by atoms with Crippen LogP contribution in [0.15, 0.2) is 29.2 Å². The number of aromatic nitrogens is 2. The van der Waals surface area contributed by atoms with Crippen molar-refractivity contribution in [1.29, 1.82) is 0 Å². The number of carbonyl (C=O) groups is 1. The highest BCUT2D eigenvalue weighted by molar-refractivity contribution is 7.07. The summed E-state index contributed by atoms with van der Waals surface area (Å²) in [6.45, 7) is 1.98. The largest absolute Gasteiger partial charge is 0.353 e. The van der Waals surface area contributed by atoms with Crippen LogP contribution in [-0.2, 0) is 6.54 Å². The molecule has 8 heteroatoms. The fraction of sp³-hybridized carbons (Fsp3) is 0.357. The van der Waals surface area contributed by atoms with Crippen LogP contribution in [-0.4, -0.2) is 35.1 Å². The van der Waals surface area contributed by atoms with Gasteiger partial charge in [-0.15, -0.1) is 11.3 Å². The van der Waals surface area contributed by atoms with Crippen LogP contribution in [0, 0.1) is 0 Å². The molecule has 1 fully saturated rings. The molecule has 0 unspecified atom stereocenters. The Hall–Kier alpha value is -1.86. The molecule has 0 aliphatic carbocycles. The SMILES string of the molecule is O=C(NCc1cscn1)N[C@@H]1CCN(c2ncccc2Cl)C1. The number of nitrogens with zero attached hydrogens (tertiary/aromatic N) is 3. The van der Waals surface area contributed by atoms with Gasteiger partial charge in [-0.05, 0) is 18.6 Å². The number of carbonyl (C=O) groups excluding carboxylic acids is 1. The average Bonchev–Trinajstić information content (AvgIpc) is 3.17. The van der Waals surface area contributed by atoms with Gasteiger partial charge in [-0.2, -0.15) is 0 Å². The molecule has 1 aliphatic heterocycles. The molecule has 116 valence electrons. The second-order valence-corrected chi connectivity index (χ2v) is 6.17. The lowest BCUT2D eigenvalue weighted by Crippen LogP contribution is -2.43. The highest BCUT2D eigenvalue weighted by Crippen LogP contribution is 2.25. The molecule has 2 aromatic rings. The van der Waals surface area contributed by atoms with Crippen LogP contribution < -0.4 is 15.5 Å². The molecule has 2 amide bonds. The number of hydrogen-bond acceptors (Lipinski definition) is 5. The average molecular weight is 338 g/mol. The Morgan fingerprint density at radius 2 is 2.41 bits per heavy atom. The van der Waals surface area contributed by atoms with Crippen molar-refractivity contribution in [3.63, 3.8) is 0 Å². The van der Waals surface area contributed by atoms with Crippen molar-refractivity contribution in [3.05, 3.63) is 39.9 Å². The molecule has 22 heavy (non-hydrogen) atoms. The van der Waals surface area contributed by atoms with E-state index in [1.807, 2.05) is 17.5 Å². The van der Waals surface area contributed by atoms with Crippen LogP contribution in [0.1, 0.15) is 12.1 Å². The van der Waals surface area contributed by atoms with Crippen LogP contribution in [0.3, 0.4) is 0 Å². The molecule has 2 aromatic heterocycles. The summed E-state index contributed by atoms with van der Waals surface area (Å²) < 4.78 is 0. The summed E-state index contributed by atoms with van der Waals surface area (Å²) in [5.74, 6) is 0.774. The number of nitrogens with one attached hydrogen (secondary N) is 2. The molecule has 1 atom stereocenters. The summed E-state index contributed by atoms with van der Waals surface area (Å²) >= 11 is 7.67. The lowest BCUT2D eigenvalue weighted by Gasteiger charge is -2.19. The van der Waals surface area contributed by atoms with E-state index in [4.69, 9.17) is 11.6 Å². The van der Waals surface area contributed by atoms with Crippen molar-refractivity contribution in [2.75, 3.05) is 18.0 Å². The zero-order valence-electron chi connectivity index (χ0n) is 11.8. The van der Waals surface area contributed by atoms with Gasteiger partial charge in [0.15, 0.2) is 0 Å². The van der Waals surface area contributed by atoms with Crippen molar-refractivity contribution in [3.8, 4) is 0 Å². The number of rotatable bonds is 4. The molecule has 0 aromatic carbocycles. The fourth-order valence-electron chi connectivity index (χ4n) is 2.41. The van der Waals surface area contributed by atoms with E-state index in [0.29, 0.717) is 18.1 Å². The van der Waals surface area contributed by atoms with Crippen LogP contribution in [0.25, 0.3) is 0 Å². The molecule has 0 radical (unpaired) electrons. The van der Waals surface area contributed by atoms with Gasteiger partial charge in [-0.3, -0.25) is 0 Å². The van der Waals surface area contributed by atoms with E-state index in [1.165, 1.54) is 11.3 Å². The number of thiazole rings is 1. The van der Waals surface area contributed by atoms with Crippen LogP contribution >= 0.6 is 22.9 Å². The molecule has 0 spiro atoms. The molecular formula is C14H16ClN5OS. The number of urea groups is 1. The highest BCUT2D eigenvalue weighted by atomic mass is 35.5. The molecule has 3 heterocycles. The summed E-state index contributed by atoms with van der Waals surface area (Å²) in [5, 5.41) is 8.34. The van der Waals surface area contributed by atoms with E-state index >= 15 is 0 Å². The third-order valence-corrected chi connectivity index (χ3v) is 4.41. The molecule has 3 rings (SSSR count). The van der Waals surface area contributed by atoms with Gasteiger partial charge in [-0.25, -0.2) is 14.8 Å². The van der Waals surface area contributed by atoms with Crippen molar-refractivity contribution < 1.29 is 4.79 Å². The Labute approximate surface area is 137 Å². The Kier molecular flexibility index (Phi) is 4.74. The predicted molar refractivity (Wildman–Crippen MR) is 87.4 cm³/mol. The van der Waals surface area contributed by atoms with Crippen molar-refractivity contribution in [2.24, 2.45) is 0 Å². The zero-order valence-corrected chi connectivity index (χ0v) is 13.4. The second kappa shape index (κ2) is 6.93. The van der Waals surface area contributed by atoms with Crippen molar-refractivity contribution in [1.82, 2.24) is 20.6 Å². The third kappa shape index (κ3) is 3.66. The van der Waals surface area contributed by atoms with Crippen LogP contribution in [0.4, 0.5) is 10.6 Å². The van der Waals surface area contributed by atoms with E-state index in [2.05, 4.69) is 25.5 Å². The maximum Gasteiger partial charge on any atom is 0.315 e.